The van der Waals surface area contributed by atoms with Crippen LogP contribution in [0, 0.1) is 0 Å². The summed E-state index contributed by atoms with van der Waals surface area (Å²) in [7, 11) is 0. The monoisotopic (exact) mass is 273 g/mol. The third-order valence-corrected chi connectivity index (χ3v) is 3.13. The summed E-state index contributed by atoms with van der Waals surface area (Å²) in [5, 5.41) is 9.20. The summed E-state index contributed by atoms with van der Waals surface area (Å²) in [6.45, 7) is 1.55. The van der Waals surface area contributed by atoms with Crippen molar-refractivity contribution >= 4 is 21.6 Å². The van der Waals surface area contributed by atoms with E-state index >= 15 is 0 Å². The number of aromatic nitrogens is 2. The summed E-state index contributed by atoms with van der Waals surface area (Å²) in [6, 6.07) is 0. The molecule has 1 atom stereocenters. The van der Waals surface area contributed by atoms with E-state index in [0.29, 0.717) is 16.7 Å². The molecule has 1 saturated heterocycles. The van der Waals surface area contributed by atoms with Crippen molar-refractivity contribution < 1.29 is 4.74 Å². The van der Waals surface area contributed by atoms with E-state index in [2.05, 4.69) is 31.4 Å². The Balaban J connectivity index is 1.98. The summed E-state index contributed by atoms with van der Waals surface area (Å²) in [6.07, 6.45) is 4.01. The van der Waals surface area contributed by atoms with Gasteiger partial charge in [-0.05, 0) is 28.8 Å². The Kier molecular flexibility index (Phi) is 3.37. The zero-order valence-corrected chi connectivity index (χ0v) is 9.71. The maximum absolute atomic E-state index is 11.2. The second-order valence-electron chi connectivity index (χ2n) is 3.44. The van der Waals surface area contributed by atoms with Gasteiger partial charge in [0.25, 0.3) is 5.56 Å². The number of nitrogens with one attached hydrogen (secondary N) is 2. The number of anilines is 1. The molecule has 0 radical (unpaired) electrons. The normalized spacial score (nSPS) is 20.5. The number of nitrogens with zero attached hydrogens (tertiary/aromatic N) is 1. The van der Waals surface area contributed by atoms with Crippen molar-refractivity contribution in [1.82, 2.24) is 10.2 Å². The van der Waals surface area contributed by atoms with Crippen molar-refractivity contribution in [2.45, 2.75) is 18.9 Å². The Morgan fingerprint density at radius 1 is 1.73 bits per heavy atom. The molecule has 0 aliphatic carbocycles. The molecule has 0 aromatic carbocycles. The van der Waals surface area contributed by atoms with E-state index < -0.39 is 0 Å². The van der Waals surface area contributed by atoms with Crippen LogP contribution in [0.3, 0.4) is 0 Å². The highest BCUT2D eigenvalue weighted by molar-refractivity contribution is 9.10. The fraction of sp³-hybridized carbons (Fsp3) is 0.556. The Labute approximate surface area is 95.4 Å². The lowest BCUT2D eigenvalue weighted by atomic mass is 10.2. The highest BCUT2D eigenvalue weighted by Gasteiger charge is 2.15. The molecule has 82 valence electrons. The number of ether oxygens (including phenoxy) is 1. The quantitative estimate of drug-likeness (QED) is 0.866. The number of hydrogen-bond acceptors (Lipinski definition) is 4. The molecule has 15 heavy (non-hydrogen) atoms. The van der Waals surface area contributed by atoms with Crippen LogP contribution in [0.15, 0.2) is 15.5 Å². The van der Waals surface area contributed by atoms with Gasteiger partial charge in [-0.15, -0.1) is 0 Å². The van der Waals surface area contributed by atoms with Crippen molar-refractivity contribution in [3.63, 3.8) is 0 Å². The minimum Gasteiger partial charge on any atom is -0.380 e. The highest BCUT2D eigenvalue weighted by atomic mass is 79.9. The maximum Gasteiger partial charge on any atom is 0.280 e. The van der Waals surface area contributed by atoms with E-state index in [-0.39, 0.29) is 11.7 Å². The van der Waals surface area contributed by atoms with Crippen LogP contribution in [0.1, 0.15) is 12.8 Å². The smallest absolute Gasteiger partial charge is 0.280 e. The Hall–Kier alpha value is -0.880. The summed E-state index contributed by atoms with van der Waals surface area (Å²) >= 11 is 3.20. The Bertz CT molecular complexity index is 387. The lowest BCUT2D eigenvalue weighted by molar-refractivity contribution is 0.120. The van der Waals surface area contributed by atoms with E-state index in [9.17, 15) is 4.79 Å². The zero-order valence-electron chi connectivity index (χ0n) is 8.12. The predicted molar refractivity (Wildman–Crippen MR) is 60.0 cm³/mol. The molecule has 6 heteroatoms. The van der Waals surface area contributed by atoms with Crippen molar-refractivity contribution in [2.24, 2.45) is 0 Å². The predicted octanol–water partition coefficient (Wildman–Crippen LogP) is 1.12. The van der Waals surface area contributed by atoms with Crippen LogP contribution in [0.5, 0.6) is 0 Å². The largest absolute Gasteiger partial charge is 0.380 e. The number of hydrogen-bond donors (Lipinski definition) is 2. The minimum absolute atomic E-state index is 0.229. The molecule has 1 aliphatic heterocycles. The Morgan fingerprint density at radius 2 is 2.60 bits per heavy atom. The summed E-state index contributed by atoms with van der Waals surface area (Å²) in [5.41, 5.74) is 0.474. The van der Waals surface area contributed by atoms with Gasteiger partial charge in [-0.2, -0.15) is 5.10 Å². The molecule has 1 aromatic heterocycles. The number of H-pyrrole nitrogens is 1. The van der Waals surface area contributed by atoms with Crippen LogP contribution in [0.4, 0.5) is 5.69 Å². The second-order valence-corrected chi connectivity index (χ2v) is 4.24. The van der Waals surface area contributed by atoms with Gasteiger partial charge >= 0.3 is 0 Å². The highest BCUT2D eigenvalue weighted by Crippen LogP contribution is 2.17. The molecule has 0 bridgehead atoms. The Morgan fingerprint density at radius 3 is 3.33 bits per heavy atom. The van der Waals surface area contributed by atoms with Gasteiger partial charge in [0.05, 0.1) is 18.0 Å². The number of halogens is 1. The fourth-order valence-corrected chi connectivity index (χ4v) is 1.87. The molecule has 0 spiro atoms. The first kappa shape index (κ1) is 10.6. The van der Waals surface area contributed by atoms with Crippen LogP contribution in [0.2, 0.25) is 0 Å². The second kappa shape index (κ2) is 4.76. The summed E-state index contributed by atoms with van der Waals surface area (Å²) in [4.78, 5) is 11.2. The molecule has 1 unspecified atom stereocenters. The number of rotatable bonds is 3. The SMILES string of the molecule is O=c1[nH]ncc(NCC2CCCO2)c1Br. The molecule has 2 N–H and O–H groups in total. The van der Waals surface area contributed by atoms with Crippen molar-refractivity contribution in [1.29, 1.82) is 0 Å². The molecule has 2 heterocycles. The third-order valence-electron chi connectivity index (χ3n) is 2.34. The fourth-order valence-electron chi connectivity index (χ4n) is 1.54. The first-order chi connectivity index (χ1) is 7.27. The molecule has 5 nitrogen and oxygen atoms in total. The van der Waals surface area contributed by atoms with Gasteiger partial charge in [0.1, 0.15) is 4.47 Å². The van der Waals surface area contributed by atoms with E-state index in [1.54, 1.807) is 6.20 Å². The van der Waals surface area contributed by atoms with Gasteiger partial charge in [-0.3, -0.25) is 4.79 Å². The first-order valence-corrected chi connectivity index (χ1v) is 5.65. The molecule has 1 aliphatic rings. The van der Waals surface area contributed by atoms with E-state index in [1.807, 2.05) is 0 Å². The van der Waals surface area contributed by atoms with E-state index in [4.69, 9.17) is 4.74 Å². The zero-order chi connectivity index (χ0) is 10.7. The first-order valence-electron chi connectivity index (χ1n) is 4.86. The average Bonchev–Trinajstić information content (AvgIpc) is 2.73. The lowest BCUT2D eigenvalue weighted by Gasteiger charge is -2.11. The van der Waals surface area contributed by atoms with Gasteiger partial charge in [0, 0.05) is 13.2 Å². The molecule has 0 saturated carbocycles. The summed E-state index contributed by atoms with van der Waals surface area (Å²) < 4.78 is 5.94. The van der Waals surface area contributed by atoms with Gasteiger partial charge in [0.2, 0.25) is 0 Å². The number of aromatic amines is 1. The maximum atomic E-state index is 11.2. The molecule has 1 aromatic rings. The molecule has 1 fully saturated rings. The van der Waals surface area contributed by atoms with Gasteiger partial charge in [0.15, 0.2) is 0 Å². The van der Waals surface area contributed by atoms with Gasteiger partial charge < -0.3 is 10.1 Å². The van der Waals surface area contributed by atoms with Crippen molar-refractivity contribution in [3.8, 4) is 0 Å². The average molecular weight is 274 g/mol. The molecular formula is C9H12BrN3O2. The van der Waals surface area contributed by atoms with Crippen LogP contribution in [-0.4, -0.2) is 29.5 Å². The molecular weight excluding hydrogens is 262 g/mol. The van der Waals surface area contributed by atoms with E-state index in [0.717, 1.165) is 19.4 Å². The van der Waals surface area contributed by atoms with Crippen molar-refractivity contribution in [2.75, 3.05) is 18.5 Å². The minimum atomic E-state index is -0.229. The summed E-state index contributed by atoms with van der Waals surface area (Å²) in [5.74, 6) is 0. The van der Waals surface area contributed by atoms with Crippen LogP contribution < -0.4 is 10.9 Å². The molecule has 2 rings (SSSR count). The van der Waals surface area contributed by atoms with Crippen LogP contribution >= 0.6 is 15.9 Å². The standard InChI is InChI=1S/C9H12BrN3O2/c10-8-7(5-12-13-9(8)14)11-4-6-2-1-3-15-6/h5-6H,1-4H2,(H2,11,13,14). The third kappa shape index (κ3) is 2.57. The van der Waals surface area contributed by atoms with E-state index in [1.165, 1.54) is 0 Å². The van der Waals surface area contributed by atoms with Gasteiger partial charge in [-0.25, -0.2) is 5.10 Å². The topological polar surface area (TPSA) is 67.0 Å². The molecule has 0 amide bonds. The van der Waals surface area contributed by atoms with Gasteiger partial charge in [-0.1, -0.05) is 0 Å². The lowest BCUT2D eigenvalue weighted by Crippen LogP contribution is -2.20. The van der Waals surface area contributed by atoms with Crippen LogP contribution in [-0.2, 0) is 4.74 Å². The van der Waals surface area contributed by atoms with Crippen molar-refractivity contribution in [3.05, 3.63) is 21.0 Å². The van der Waals surface area contributed by atoms with Crippen LogP contribution in [0.25, 0.3) is 0 Å².